The SMILES string of the molecule is CCCOc1ccc(Br)cc1C(=O)Nc1cccc(OCc2ccccc2)c1. The zero-order chi connectivity index (χ0) is 19.8. The molecule has 0 spiro atoms. The number of nitrogens with one attached hydrogen (secondary N) is 1. The minimum Gasteiger partial charge on any atom is -0.493 e. The van der Waals surface area contributed by atoms with E-state index < -0.39 is 0 Å². The molecule has 0 unspecified atom stereocenters. The van der Waals surface area contributed by atoms with Crippen molar-refractivity contribution in [2.45, 2.75) is 20.0 Å². The second kappa shape index (κ2) is 9.95. The highest BCUT2D eigenvalue weighted by atomic mass is 79.9. The van der Waals surface area contributed by atoms with E-state index in [1.54, 1.807) is 12.1 Å². The summed E-state index contributed by atoms with van der Waals surface area (Å²) in [5.74, 6) is 1.03. The summed E-state index contributed by atoms with van der Waals surface area (Å²) in [6.07, 6.45) is 0.873. The fraction of sp³-hybridized carbons (Fsp3) is 0.174. The Bertz CT molecular complexity index is 928. The first-order valence-electron chi connectivity index (χ1n) is 9.16. The van der Waals surface area contributed by atoms with Crippen molar-refractivity contribution >= 4 is 27.5 Å². The molecule has 0 heterocycles. The van der Waals surface area contributed by atoms with E-state index in [0.29, 0.717) is 36.0 Å². The number of carbonyl (C=O) groups excluding carboxylic acids is 1. The molecule has 5 heteroatoms. The number of rotatable bonds is 8. The number of amides is 1. The van der Waals surface area contributed by atoms with Gasteiger partial charge in [-0.05, 0) is 42.3 Å². The van der Waals surface area contributed by atoms with Crippen molar-refractivity contribution in [3.05, 3.63) is 88.4 Å². The Balaban J connectivity index is 1.70. The van der Waals surface area contributed by atoms with Crippen LogP contribution in [-0.2, 0) is 6.61 Å². The van der Waals surface area contributed by atoms with Crippen LogP contribution in [0.25, 0.3) is 0 Å². The summed E-state index contributed by atoms with van der Waals surface area (Å²) in [6, 6.07) is 22.7. The molecule has 3 rings (SSSR count). The molecule has 0 aliphatic rings. The summed E-state index contributed by atoms with van der Waals surface area (Å²) in [6.45, 7) is 3.06. The molecule has 0 aliphatic heterocycles. The topological polar surface area (TPSA) is 47.6 Å². The molecule has 1 N–H and O–H groups in total. The van der Waals surface area contributed by atoms with Gasteiger partial charge in [-0.25, -0.2) is 0 Å². The fourth-order valence-corrected chi connectivity index (χ4v) is 2.98. The van der Waals surface area contributed by atoms with Crippen molar-refractivity contribution < 1.29 is 14.3 Å². The molecular formula is C23H22BrNO3. The van der Waals surface area contributed by atoms with Gasteiger partial charge in [-0.2, -0.15) is 0 Å². The van der Waals surface area contributed by atoms with E-state index in [0.717, 1.165) is 16.5 Å². The first-order chi connectivity index (χ1) is 13.7. The summed E-state index contributed by atoms with van der Waals surface area (Å²) in [5.41, 5.74) is 2.24. The number of ether oxygens (including phenoxy) is 2. The number of anilines is 1. The number of hydrogen-bond acceptors (Lipinski definition) is 3. The summed E-state index contributed by atoms with van der Waals surface area (Å²) in [5, 5.41) is 2.92. The lowest BCUT2D eigenvalue weighted by atomic mass is 10.1. The van der Waals surface area contributed by atoms with Gasteiger partial charge in [0.1, 0.15) is 18.1 Å². The van der Waals surface area contributed by atoms with Crippen molar-refractivity contribution in [1.82, 2.24) is 0 Å². The lowest BCUT2D eigenvalue weighted by Crippen LogP contribution is -2.14. The minimum absolute atomic E-state index is 0.229. The average Bonchev–Trinajstić information content (AvgIpc) is 2.72. The molecule has 144 valence electrons. The second-order valence-corrected chi connectivity index (χ2v) is 7.16. The van der Waals surface area contributed by atoms with E-state index in [1.165, 1.54) is 0 Å². The van der Waals surface area contributed by atoms with Crippen LogP contribution < -0.4 is 14.8 Å². The van der Waals surface area contributed by atoms with E-state index in [4.69, 9.17) is 9.47 Å². The Hall–Kier alpha value is -2.79. The van der Waals surface area contributed by atoms with Gasteiger partial charge in [0.05, 0.1) is 12.2 Å². The maximum Gasteiger partial charge on any atom is 0.259 e. The summed E-state index contributed by atoms with van der Waals surface area (Å²) in [7, 11) is 0. The number of hydrogen-bond donors (Lipinski definition) is 1. The second-order valence-electron chi connectivity index (χ2n) is 6.25. The van der Waals surface area contributed by atoms with Crippen molar-refractivity contribution in [3.8, 4) is 11.5 Å². The van der Waals surface area contributed by atoms with E-state index in [1.807, 2.05) is 67.6 Å². The van der Waals surface area contributed by atoms with Crippen LogP contribution in [0.3, 0.4) is 0 Å². The highest BCUT2D eigenvalue weighted by Gasteiger charge is 2.14. The maximum absolute atomic E-state index is 12.8. The Morgan fingerprint density at radius 2 is 1.79 bits per heavy atom. The highest BCUT2D eigenvalue weighted by molar-refractivity contribution is 9.10. The Morgan fingerprint density at radius 3 is 2.57 bits per heavy atom. The van der Waals surface area contributed by atoms with Crippen LogP contribution in [0.4, 0.5) is 5.69 Å². The summed E-state index contributed by atoms with van der Waals surface area (Å²) < 4.78 is 12.4. The molecule has 0 radical (unpaired) electrons. The quantitative estimate of drug-likeness (QED) is 0.463. The number of benzene rings is 3. The molecule has 3 aromatic carbocycles. The van der Waals surface area contributed by atoms with Crippen molar-refractivity contribution in [2.24, 2.45) is 0 Å². The predicted octanol–water partition coefficient (Wildman–Crippen LogP) is 6.07. The van der Waals surface area contributed by atoms with Gasteiger partial charge in [-0.15, -0.1) is 0 Å². The van der Waals surface area contributed by atoms with E-state index in [9.17, 15) is 4.79 Å². The van der Waals surface area contributed by atoms with Gasteiger partial charge in [-0.1, -0.05) is 59.3 Å². The lowest BCUT2D eigenvalue weighted by molar-refractivity contribution is 0.102. The maximum atomic E-state index is 12.8. The fourth-order valence-electron chi connectivity index (χ4n) is 2.62. The molecule has 0 atom stereocenters. The van der Waals surface area contributed by atoms with Gasteiger partial charge >= 0.3 is 0 Å². The Kier molecular flexibility index (Phi) is 7.09. The van der Waals surface area contributed by atoms with Gasteiger partial charge in [0.15, 0.2) is 0 Å². The van der Waals surface area contributed by atoms with Crippen LogP contribution in [0.1, 0.15) is 29.3 Å². The number of halogens is 1. The molecule has 3 aromatic rings. The van der Waals surface area contributed by atoms with Crippen LogP contribution in [0.5, 0.6) is 11.5 Å². The van der Waals surface area contributed by atoms with Crippen molar-refractivity contribution in [1.29, 1.82) is 0 Å². The monoisotopic (exact) mass is 439 g/mol. The van der Waals surface area contributed by atoms with Crippen molar-refractivity contribution in [3.63, 3.8) is 0 Å². The zero-order valence-corrected chi connectivity index (χ0v) is 17.2. The zero-order valence-electron chi connectivity index (χ0n) is 15.7. The van der Waals surface area contributed by atoms with Gasteiger partial charge < -0.3 is 14.8 Å². The normalized spacial score (nSPS) is 10.4. The molecule has 28 heavy (non-hydrogen) atoms. The first-order valence-corrected chi connectivity index (χ1v) is 9.95. The van der Waals surface area contributed by atoms with Gasteiger partial charge in [-0.3, -0.25) is 4.79 Å². The van der Waals surface area contributed by atoms with Gasteiger partial charge in [0.2, 0.25) is 0 Å². The molecule has 4 nitrogen and oxygen atoms in total. The van der Waals surface area contributed by atoms with E-state index in [2.05, 4.69) is 21.2 Å². The first kappa shape index (κ1) is 20.0. The molecule has 0 fully saturated rings. The van der Waals surface area contributed by atoms with E-state index in [-0.39, 0.29) is 5.91 Å². The summed E-state index contributed by atoms with van der Waals surface area (Å²) >= 11 is 3.42. The smallest absolute Gasteiger partial charge is 0.259 e. The Morgan fingerprint density at radius 1 is 0.964 bits per heavy atom. The largest absolute Gasteiger partial charge is 0.493 e. The molecule has 0 aromatic heterocycles. The molecule has 1 amide bonds. The standard InChI is InChI=1S/C23H22BrNO3/c1-2-13-27-22-12-11-18(24)14-21(22)23(26)25-19-9-6-10-20(15-19)28-16-17-7-4-3-5-8-17/h3-12,14-15H,2,13,16H2,1H3,(H,25,26). The molecular weight excluding hydrogens is 418 g/mol. The van der Waals surface area contributed by atoms with Crippen LogP contribution >= 0.6 is 15.9 Å². The Labute approximate surface area is 173 Å². The lowest BCUT2D eigenvalue weighted by Gasteiger charge is -2.13. The van der Waals surface area contributed by atoms with Gasteiger partial charge in [0.25, 0.3) is 5.91 Å². The molecule has 0 saturated carbocycles. The van der Waals surface area contributed by atoms with Crippen LogP contribution in [-0.4, -0.2) is 12.5 Å². The predicted molar refractivity (Wildman–Crippen MR) is 115 cm³/mol. The highest BCUT2D eigenvalue weighted by Crippen LogP contribution is 2.25. The van der Waals surface area contributed by atoms with Crippen LogP contribution in [0.15, 0.2) is 77.3 Å². The third-order valence-corrected chi connectivity index (χ3v) is 4.48. The summed E-state index contributed by atoms with van der Waals surface area (Å²) in [4.78, 5) is 12.8. The number of carbonyl (C=O) groups is 1. The average molecular weight is 440 g/mol. The molecule has 0 bridgehead atoms. The third-order valence-electron chi connectivity index (χ3n) is 3.99. The van der Waals surface area contributed by atoms with Crippen molar-refractivity contribution in [2.75, 3.05) is 11.9 Å². The molecule has 0 aliphatic carbocycles. The van der Waals surface area contributed by atoms with Crippen LogP contribution in [0, 0.1) is 0 Å². The van der Waals surface area contributed by atoms with Gasteiger partial charge in [0, 0.05) is 16.2 Å². The molecule has 0 saturated heterocycles. The minimum atomic E-state index is -0.229. The van der Waals surface area contributed by atoms with Crippen LogP contribution in [0.2, 0.25) is 0 Å². The van der Waals surface area contributed by atoms with E-state index >= 15 is 0 Å². The third kappa shape index (κ3) is 5.60.